The van der Waals surface area contributed by atoms with Gasteiger partial charge in [-0.1, -0.05) is 11.6 Å². The molecule has 2 rings (SSSR count). The number of hydrogen-bond acceptors (Lipinski definition) is 2. The molecule has 1 heterocycles. The maximum Gasteiger partial charge on any atom is 0.123 e. The number of aliphatic hydroxyl groups is 1. The number of rotatable bonds is 2. The third kappa shape index (κ3) is 2.16. The molecule has 0 aliphatic carbocycles. The van der Waals surface area contributed by atoms with Crippen LogP contribution in [0.1, 0.15) is 12.5 Å². The monoisotopic (exact) mass is 224 g/mol. The van der Waals surface area contributed by atoms with E-state index in [0.717, 1.165) is 11.3 Å². The van der Waals surface area contributed by atoms with Crippen LogP contribution in [0.2, 0.25) is 5.02 Å². The Hall–Kier alpha value is -0.990. The first-order chi connectivity index (χ1) is 7.20. The van der Waals surface area contributed by atoms with Crippen LogP contribution in [-0.2, 0) is 4.74 Å². The highest BCUT2D eigenvalue weighted by molar-refractivity contribution is 6.30. The van der Waals surface area contributed by atoms with Crippen molar-refractivity contribution in [1.82, 2.24) is 0 Å². The Morgan fingerprint density at radius 3 is 2.53 bits per heavy atom. The van der Waals surface area contributed by atoms with E-state index in [0.29, 0.717) is 5.02 Å². The van der Waals surface area contributed by atoms with Crippen LogP contribution < -0.4 is 0 Å². The van der Waals surface area contributed by atoms with E-state index in [4.69, 9.17) is 21.4 Å². The number of halogens is 1. The van der Waals surface area contributed by atoms with Crippen LogP contribution in [0.15, 0.2) is 30.3 Å². The topological polar surface area (TPSA) is 29.5 Å². The van der Waals surface area contributed by atoms with E-state index in [1.54, 1.807) is 0 Å². The number of aliphatic hydroxyl groups excluding tert-OH is 1. The highest BCUT2D eigenvalue weighted by Crippen LogP contribution is 2.30. The van der Waals surface area contributed by atoms with E-state index in [-0.39, 0.29) is 18.6 Å². The zero-order valence-corrected chi connectivity index (χ0v) is 9.24. The Morgan fingerprint density at radius 2 is 2.00 bits per heavy atom. The molecule has 2 nitrogen and oxygen atoms in total. The molecule has 1 aliphatic rings. The third-order valence-corrected chi connectivity index (χ3v) is 2.87. The summed E-state index contributed by atoms with van der Waals surface area (Å²) in [4.78, 5) is 0. The summed E-state index contributed by atoms with van der Waals surface area (Å²) in [5.74, 6) is 0.925. The summed E-state index contributed by atoms with van der Waals surface area (Å²) >= 11 is 5.80. The van der Waals surface area contributed by atoms with Crippen molar-refractivity contribution in [3.63, 3.8) is 0 Å². The highest BCUT2D eigenvalue weighted by Gasteiger charge is 2.25. The SMILES string of the molecule is CC1OC(c2ccc(Cl)cc2)=CC1CO. The number of ether oxygens (including phenoxy) is 1. The molecule has 1 aromatic carbocycles. The van der Waals surface area contributed by atoms with Crippen LogP contribution in [0.4, 0.5) is 0 Å². The Kier molecular flexibility index (Phi) is 2.98. The third-order valence-electron chi connectivity index (χ3n) is 2.62. The average Bonchev–Trinajstić information content (AvgIpc) is 2.61. The maximum atomic E-state index is 9.10. The predicted molar refractivity (Wildman–Crippen MR) is 60.6 cm³/mol. The maximum absolute atomic E-state index is 9.10. The summed E-state index contributed by atoms with van der Waals surface area (Å²) in [5.41, 5.74) is 1.00. The minimum Gasteiger partial charge on any atom is -0.490 e. The molecule has 2 unspecified atom stereocenters. The Labute approximate surface area is 94.1 Å². The van der Waals surface area contributed by atoms with Crippen LogP contribution in [0.5, 0.6) is 0 Å². The van der Waals surface area contributed by atoms with Gasteiger partial charge in [0.15, 0.2) is 0 Å². The van der Waals surface area contributed by atoms with Crippen LogP contribution >= 0.6 is 11.6 Å². The molecule has 1 N–H and O–H groups in total. The molecule has 0 amide bonds. The molecule has 0 saturated heterocycles. The Balaban J connectivity index is 2.22. The normalized spacial score (nSPS) is 24.9. The van der Waals surface area contributed by atoms with Gasteiger partial charge in [-0.3, -0.25) is 0 Å². The summed E-state index contributed by atoms with van der Waals surface area (Å²) in [5, 5.41) is 9.81. The van der Waals surface area contributed by atoms with E-state index >= 15 is 0 Å². The van der Waals surface area contributed by atoms with Crippen molar-refractivity contribution in [2.24, 2.45) is 5.92 Å². The molecule has 80 valence electrons. The lowest BCUT2D eigenvalue weighted by molar-refractivity contribution is 0.128. The lowest BCUT2D eigenvalue weighted by atomic mass is 10.1. The fourth-order valence-corrected chi connectivity index (χ4v) is 1.76. The van der Waals surface area contributed by atoms with Gasteiger partial charge in [-0.15, -0.1) is 0 Å². The minimum atomic E-state index is 0.0423. The smallest absolute Gasteiger partial charge is 0.123 e. The molecule has 0 saturated carbocycles. The predicted octanol–water partition coefficient (Wildman–Crippen LogP) is 2.71. The van der Waals surface area contributed by atoms with Gasteiger partial charge in [-0.05, 0) is 37.3 Å². The van der Waals surface area contributed by atoms with Gasteiger partial charge in [-0.2, -0.15) is 0 Å². The quantitative estimate of drug-likeness (QED) is 0.837. The average molecular weight is 225 g/mol. The van der Waals surface area contributed by atoms with Gasteiger partial charge in [0, 0.05) is 16.5 Å². The molecule has 1 aliphatic heterocycles. The van der Waals surface area contributed by atoms with Gasteiger partial charge in [-0.25, -0.2) is 0 Å². The number of hydrogen-bond donors (Lipinski definition) is 1. The molecule has 3 heteroatoms. The van der Waals surface area contributed by atoms with E-state index < -0.39 is 0 Å². The first-order valence-electron chi connectivity index (χ1n) is 4.96. The first kappa shape index (κ1) is 10.5. The van der Waals surface area contributed by atoms with Crippen LogP contribution in [0, 0.1) is 5.92 Å². The first-order valence-corrected chi connectivity index (χ1v) is 5.34. The largest absolute Gasteiger partial charge is 0.490 e. The van der Waals surface area contributed by atoms with Crippen molar-refractivity contribution in [3.05, 3.63) is 40.9 Å². The van der Waals surface area contributed by atoms with Crippen molar-refractivity contribution in [2.75, 3.05) is 6.61 Å². The van der Waals surface area contributed by atoms with Crippen molar-refractivity contribution >= 4 is 17.4 Å². The number of benzene rings is 1. The lowest BCUT2D eigenvalue weighted by Crippen LogP contribution is -2.15. The van der Waals surface area contributed by atoms with Crippen molar-refractivity contribution in [1.29, 1.82) is 0 Å². The molecule has 15 heavy (non-hydrogen) atoms. The van der Waals surface area contributed by atoms with Crippen LogP contribution in [-0.4, -0.2) is 17.8 Å². The minimum absolute atomic E-state index is 0.0423. The van der Waals surface area contributed by atoms with E-state index in [2.05, 4.69) is 0 Å². The Morgan fingerprint density at radius 1 is 1.33 bits per heavy atom. The second-order valence-electron chi connectivity index (χ2n) is 3.71. The summed E-state index contributed by atoms with van der Waals surface area (Å²) in [6, 6.07) is 7.50. The standard InChI is InChI=1S/C12H13ClO2/c1-8-10(7-14)6-12(15-8)9-2-4-11(13)5-3-9/h2-6,8,10,14H,7H2,1H3. The highest BCUT2D eigenvalue weighted by atomic mass is 35.5. The molecule has 0 radical (unpaired) electrons. The lowest BCUT2D eigenvalue weighted by Gasteiger charge is -2.12. The molecule has 0 fully saturated rings. The van der Waals surface area contributed by atoms with Gasteiger partial charge in [0.05, 0.1) is 6.61 Å². The Bertz CT molecular complexity index is 370. The van der Waals surface area contributed by atoms with Gasteiger partial charge in [0.2, 0.25) is 0 Å². The van der Waals surface area contributed by atoms with Gasteiger partial charge in [0.1, 0.15) is 11.9 Å². The van der Waals surface area contributed by atoms with E-state index in [1.165, 1.54) is 0 Å². The van der Waals surface area contributed by atoms with Crippen molar-refractivity contribution in [3.8, 4) is 0 Å². The second-order valence-corrected chi connectivity index (χ2v) is 4.14. The summed E-state index contributed by atoms with van der Waals surface area (Å²) in [7, 11) is 0. The van der Waals surface area contributed by atoms with Crippen LogP contribution in [0.25, 0.3) is 5.76 Å². The molecule has 0 spiro atoms. The molecular formula is C12H13ClO2. The fraction of sp³-hybridized carbons (Fsp3) is 0.333. The second kappa shape index (κ2) is 4.25. The van der Waals surface area contributed by atoms with Crippen LogP contribution in [0.3, 0.4) is 0 Å². The summed E-state index contributed by atoms with van der Waals surface area (Å²) < 4.78 is 5.65. The fourth-order valence-electron chi connectivity index (χ4n) is 1.64. The summed E-state index contributed by atoms with van der Waals surface area (Å²) in [6.45, 7) is 2.08. The molecule has 2 atom stereocenters. The van der Waals surface area contributed by atoms with Gasteiger partial charge in [0.25, 0.3) is 0 Å². The van der Waals surface area contributed by atoms with Gasteiger partial charge >= 0.3 is 0 Å². The summed E-state index contributed by atoms with van der Waals surface area (Å²) in [6.07, 6.45) is 2.01. The van der Waals surface area contributed by atoms with Crippen molar-refractivity contribution in [2.45, 2.75) is 13.0 Å². The molecule has 0 bridgehead atoms. The van der Waals surface area contributed by atoms with Crippen molar-refractivity contribution < 1.29 is 9.84 Å². The van der Waals surface area contributed by atoms with Gasteiger partial charge < -0.3 is 9.84 Å². The molecule has 1 aromatic rings. The van der Waals surface area contributed by atoms with E-state index in [1.807, 2.05) is 37.3 Å². The zero-order valence-electron chi connectivity index (χ0n) is 8.48. The molecular weight excluding hydrogens is 212 g/mol. The van der Waals surface area contributed by atoms with E-state index in [9.17, 15) is 0 Å². The zero-order chi connectivity index (χ0) is 10.8. The molecule has 0 aromatic heterocycles.